The molecule has 3 aromatic rings. The van der Waals surface area contributed by atoms with Crippen LogP contribution in [0.2, 0.25) is 0 Å². The molecular formula is C26H27F3N2O2S. The Hall–Kier alpha value is -2.74. The number of anilines is 1. The van der Waals surface area contributed by atoms with E-state index in [-0.39, 0.29) is 11.3 Å². The highest BCUT2D eigenvalue weighted by molar-refractivity contribution is 7.16. The van der Waals surface area contributed by atoms with Gasteiger partial charge in [0.1, 0.15) is 16.5 Å². The Labute approximate surface area is 200 Å². The van der Waals surface area contributed by atoms with Crippen LogP contribution in [0.25, 0.3) is 11.3 Å². The second-order valence-corrected chi connectivity index (χ2v) is 10.9. The molecule has 34 heavy (non-hydrogen) atoms. The molecule has 2 aromatic heterocycles. The summed E-state index contributed by atoms with van der Waals surface area (Å²) in [6, 6.07) is 8.34. The van der Waals surface area contributed by atoms with E-state index in [1.807, 2.05) is 0 Å². The third-order valence-electron chi connectivity index (χ3n) is 7.45. The van der Waals surface area contributed by atoms with Gasteiger partial charge < -0.3 is 15.1 Å². The SMILES string of the molecule is CCC(C)(C)[C@H]1CCc2c(sc3c2C(=O)N[C@H](c2ccc(-c4cccc(C(F)(F)F)c4)o2)N3)C1. The van der Waals surface area contributed by atoms with Crippen molar-refractivity contribution in [3.8, 4) is 11.3 Å². The van der Waals surface area contributed by atoms with E-state index < -0.39 is 17.9 Å². The van der Waals surface area contributed by atoms with Crippen molar-refractivity contribution in [2.45, 2.75) is 58.8 Å². The van der Waals surface area contributed by atoms with Crippen molar-refractivity contribution >= 4 is 22.2 Å². The number of alkyl halides is 3. The van der Waals surface area contributed by atoms with Crippen LogP contribution in [0.1, 0.15) is 71.9 Å². The number of rotatable bonds is 4. The highest BCUT2D eigenvalue weighted by Crippen LogP contribution is 2.47. The lowest BCUT2D eigenvalue weighted by Gasteiger charge is -2.36. The predicted octanol–water partition coefficient (Wildman–Crippen LogP) is 7.42. The molecule has 0 fully saturated rings. The third kappa shape index (κ3) is 4.02. The van der Waals surface area contributed by atoms with Gasteiger partial charge in [0.15, 0.2) is 6.17 Å². The lowest BCUT2D eigenvalue weighted by molar-refractivity contribution is -0.137. The van der Waals surface area contributed by atoms with Crippen LogP contribution in [-0.2, 0) is 19.0 Å². The summed E-state index contributed by atoms with van der Waals surface area (Å²) < 4.78 is 45.1. The maximum absolute atomic E-state index is 13.1. The largest absolute Gasteiger partial charge is 0.457 e. The van der Waals surface area contributed by atoms with E-state index in [0.717, 1.165) is 53.9 Å². The number of carbonyl (C=O) groups is 1. The number of fused-ring (bicyclic) bond motifs is 3. The number of amides is 1. The van der Waals surface area contributed by atoms with E-state index in [0.29, 0.717) is 23.0 Å². The van der Waals surface area contributed by atoms with Gasteiger partial charge in [0.2, 0.25) is 0 Å². The first-order valence-corrected chi connectivity index (χ1v) is 12.4. The molecule has 0 radical (unpaired) electrons. The summed E-state index contributed by atoms with van der Waals surface area (Å²) in [4.78, 5) is 14.3. The van der Waals surface area contributed by atoms with Gasteiger partial charge in [-0.1, -0.05) is 39.3 Å². The Balaban J connectivity index is 1.39. The van der Waals surface area contributed by atoms with Gasteiger partial charge in [-0.3, -0.25) is 4.79 Å². The third-order valence-corrected chi connectivity index (χ3v) is 8.63. The molecular weight excluding hydrogens is 461 g/mol. The molecule has 1 aliphatic carbocycles. The zero-order valence-electron chi connectivity index (χ0n) is 19.3. The minimum absolute atomic E-state index is 0.138. The van der Waals surface area contributed by atoms with Crippen LogP contribution in [0.3, 0.4) is 0 Å². The molecule has 0 spiro atoms. The van der Waals surface area contributed by atoms with E-state index in [1.165, 1.54) is 10.9 Å². The lowest BCUT2D eigenvalue weighted by Crippen LogP contribution is -2.38. The summed E-state index contributed by atoms with van der Waals surface area (Å²) in [5, 5.41) is 7.18. The number of hydrogen-bond acceptors (Lipinski definition) is 4. The molecule has 2 aliphatic rings. The minimum atomic E-state index is -4.43. The number of nitrogens with one attached hydrogen (secondary N) is 2. The number of furan rings is 1. The number of halogens is 3. The molecule has 0 unspecified atom stereocenters. The summed E-state index contributed by atoms with van der Waals surface area (Å²) in [5.74, 6) is 1.21. The molecule has 1 aliphatic heterocycles. The van der Waals surface area contributed by atoms with Crippen molar-refractivity contribution < 1.29 is 22.4 Å². The van der Waals surface area contributed by atoms with Gasteiger partial charge in [0.05, 0.1) is 11.1 Å². The molecule has 0 saturated carbocycles. The summed E-state index contributed by atoms with van der Waals surface area (Å²) >= 11 is 1.64. The second kappa shape index (κ2) is 8.18. The van der Waals surface area contributed by atoms with E-state index in [1.54, 1.807) is 29.5 Å². The van der Waals surface area contributed by atoms with Crippen LogP contribution >= 0.6 is 11.3 Å². The Morgan fingerprint density at radius 3 is 2.68 bits per heavy atom. The minimum Gasteiger partial charge on any atom is -0.457 e. The summed E-state index contributed by atoms with van der Waals surface area (Å²) in [7, 11) is 0. The molecule has 2 atom stereocenters. The maximum Gasteiger partial charge on any atom is 0.416 e. The molecule has 0 bridgehead atoms. The highest BCUT2D eigenvalue weighted by Gasteiger charge is 2.38. The number of carbonyl (C=O) groups excluding carboxylic acids is 1. The highest BCUT2D eigenvalue weighted by atomic mass is 32.1. The first-order valence-electron chi connectivity index (χ1n) is 11.6. The van der Waals surface area contributed by atoms with Crippen molar-refractivity contribution in [3.05, 3.63) is 63.7 Å². The van der Waals surface area contributed by atoms with Crippen molar-refractivity contribution in [3.63, 3.8) is 0 Å². The zero-order valence-corrected chi connectivity index (χ0v) is 20.1. The van der Waals surface area contributed by atoms with E-state index in [9.17, 15) is 18.0 Å². The summed E-state index contributed by atoms with van der Waals surface area (Å²) in [6.07, 6.45) is -0.937. The second-order valence-electron chi connectivity index (χ2n) is 9.82. The van der Waals surface area contributed by atoms with E-state index in [2.05, 4.69) is 31.4 Å². The molecule has 1 aromatic carbocycles. The number of benzene rings is 1. The van der Waals surface area contributed by atoms with Gasteiger partial charge in [-0.15, -0.1) is 11.3 Å². The Morgan fingerprint density at radius 1 is 1.15 bits per heavy atom. The first-order chi connectivity index (χ1) is 16.1. The topological polar surface area (TPSA) is 54.3 Å². The monoisotopic (exact) mass is 488 g/mol. The number of thiophene rings is 1. The van der Waals surface area contributed by atoms with Crippen LogP contribution in [0, 0.1) is 11.3 Å². The molecule has 8 heteroatoms. The average molecular weight is 489 g/mol. The van der Waals surface area contributed by atoms with E-state index >= 15 is 0 Å². The lowest BCUT2D eigenvalue weighted by atomic mass is 9.69. The van der Waals surface area contributed by atoms with Crippen molar-refractivity contribution in [1.82, 2.24) is 5.32 Å². The van der Waals surface area contributed by atoms with Crippen LogP contribution in [-0.4, -0.2) is 5.91 Å². The Bertz CT molecular complexity index is 1240. The van der Waals surface area contributed by atoms with Gasteiger partial charge in [-0.2, -0.15) is 13.2 Å². The molecule has 180 valence electrons. The first kappa shape index (κ1) is 23.0. The summed E-state index contributed by atoms with van der Waals surface area (Å²) in [6.45, 7) is 6.86. The van der Waals surface area contributed by atoms with Crippen molar-refractivity contribution in [2.24, 2.45) is 11.3 Å². The van der Waals surface area contributed by atoms with Gasteiger partial charge in [0, 0.05) is 10.4 Å². The quantitative estimate of drug-likeness (QED) is 0.402. The number of hydrogen-bond donors (Lipinski definition) is 2. The molecule has 1 amide bonds. The van der Waals surface area contributed by atoms with Crippen LogP contribution in [0.4, 0.5) is 18.2 Å². The molecule has 4 nitrogen and oxygen atoms in total. The van der Waals surface area contributed by atoms with E-state index in [4.69, 9.17) is 4.42 Å². The standard InChI is InChI=1S/C26H27F3N2O2S/c1-4-25(2,3)15-8-9-17-20(13-15)34-24-21(17)23(32)30-22(31-24)19-11-10-18(33-19)14-6-5-7-16(12-14)26(27,28)29/h5-7,10-12,15,22,31H,4,8-9,13H2,1-3H3,(H,30,32)/t15-,22-/m0/s1. The van der Waals surface area contributed by atoms with Gasteiger partial charge in [0.25, 0.3) is 5.91 Å². The maximum atomic E-state index is 13.1. The van der Waals surface area contributed by atoms with Gasteiger partial charge in [-0.05, 0) is 60.4 Å². The summed E-state index contributed by atoms with van der Waals surface area (Å²) in [5.41, 5.74) is 1.74. The fourth-order valence-electron chi connectivity index (χ4n) is 4.91. The zero-order chi connectivity index (χ0) is 24.3. The molecule has 3 heterocycles. The molecule has 0 saturated heterocycles. The fraction of sp³-hybridized carbons (Fsp3) is 0.423. The van der Waals surface area contributed by atoms with Crippen LogP contribution in [0.5, 0.6) is 0 Å². The predicted molar refractivity (Wildman–Crippen MR) is 127 cm³/mol. The van der Waals surface area contributed by atoms with Gasteiger partial charge >= 0.3 is 6.18 Å². The molecule has 5 rings (SSSR count). The normalized spacial score (nSPS) is 20.4. The average Bonchev–Trinajstić information content (AvgIpc) is 3.43. The van der Waals surface area contributed by atoms with Crippen molar-refractivity contribution in [1.29, 1.82) is 0 Å². The fourth-order valence-corrected chi connectivity index (χ4v) is 6.26. The Morgan fingerprint density at radius 2 is 1.94 bits per heavy atom. The molecule has 2 N–H and O–H groups in total. The van der Waals surface area contributed by atoms with Crippen molar-refractivity contribution in [2.75, 3.05) is 5.32 Å². The Kier molecular flexibility index (Phi) is 5.54. The van der Waals surface area contributed by atoms with Gasteiger partial charge in [-0.25, -0.2) is 0 Å². The van der Waals surface area contributed by atoms with Crippen LogP contribution < -0.4 is 10.6 Å². The smallest absolute Gasteiger partial charge is 0.416 e. The van der Waals surface area contributed by atoms with Crippen LogP contribution in [0.15, 0.2) is 40.8 Å².